The first-order valence-corrected chi connectivity index (χ1v) is 8.43. The van der Waals surface area contributed by atoms with Gasteiger partial charge in [-0.1, -0.05) is 20.8 Å². The molecule has 3 heteroatoms. The number of hydrogen-bond donors (Lipinski definition) is 0. The molecule has 2 saturated heterocycles. The SMILES string of the molecule is CC(C)(C)C(=O)CCN1CCC(CN2CCCC2)CC1. The first-order valence-electron chi connectivity index (χ1n) is 8.43. The summed E-state index contributed by atoms with van der Waals surface area (Å²) >= 11 is 0. The summed E-state index contributed by atoms with van der Waals surface area (Å²) in [6, 6.07) is 0. The molecule has 0 aromatic carbocycles. The van der Waals surface area contributed by atoms with E-state index in [1.54, 1.807) is 0 Å². The highest BCUT2D eigenvalue weighted by molar-refractivity contribution is 5.83. The number of carbonyl (C=O) groups is 1. The second-order valence-electron chi connectivity index (χ2n) is 7.72. The maximum Gasteiger partial charge on any atom is 0.139 e. The first-order chi connectivity index (χ1) is 9.45. The minimum Gasteiger partial charge on any atom is -0.303 e. The Morgan fingerprint density at radius 2 is 1.60 bits per heavy atom. The molecule has 0 spiro atoms. The first kappa shape index (κ1) is 16.0. The van der Waals surface area contributed by atoms with Gasteiger partial charge < -0.3 is 9.80 Å². The second kappa shape index (κ2) is 7.04. The summed E-state index contributed by atoms with van der Waals surface area (Å²) in [4.78, 5) is 17.1. The summed E-state index contributed by atoms with van der Waals surface area (Å²) in [5.41, 5.74) is -0.173. The molecule has 0 bridgehead atoms. The van der Waals surface area contributed by atoms with Gasteiger partial charge in [-0.2, -0.15) is 0 Å². The van der Waals surface area contributed by atoms with Gasteiger partial charge in [0.15, 0.2) is 0 Å². The molecule has 2 aliphatic heterocycles. The zero-order valence-electron chi connectivity index (χ0n) is 13.7. The highest BCUT2D eigenvalue weighted by Gasteiger charge is 2.25. The number of Topliss-reactive ketones (excluding diaryl/α,β-unsaturated/α-hetero) is 1. The topological polar surface area (TPSA) is 23.6 Å². The van der Waals surface area contributed by atoms with Gasteiger partial charge >= 0.3 is 0 Å². The molecule has 0 radical (unpaired) electrons. The van der Waals surface area contributed by atoms with Crippen LogP contribution in [0.15, 0.2) is 0 Å². The number of hydrogen-bond acceptors (Lipinski definition) is 3. The highest BCUT2D eigenvalue weighted by atomic mass is 16.1. The number of rotatable bonds is 5. The van der Waals surface area contributed by atoms with Gasteiger partial charge in [0, 0.05) is 24.9 Å². The van der Waals surface area contributed by atoms with Gasteiger partial charge in [-0.05, 0) is 57.8 Å². The molecule has 0 aromatic rings. The van der Waals surface area contributed by atoms with Crippen LogP contribution in [0.1, 0.15) is 52.9 Å². The molecule has 2 fully saturated rings. The van der Waals surface area contributed by atoms with Crippen molar-refractivity contribution >= 4 is 5.78 Å². The highest BCUT2D eigenvalue weighted by Crippen LogP contribution is 2.22. The van der Waals surface area contributed by atoms with Gasteiger partial charge in [0.05, 0.1) is 0 Å². The quantitative estimate of drug-likeness (QED) is 0.773. The zero-order valence-corrected chi connectivity index (χ0v) is 13.7. The van der Waals surface area contributed by atoms with E-state index < -0.39 is 0 Å². The van der Waals surface area contributed by atoms with Crippen molar-refractivity contribution in [2.75, 3.05) is 39.3 Å². The summed E-state index contributed by atoms with van der Waals surface area (Å²) in [5.74, 6) is 1.29. The lowest BCUT2D eigenvalue weighted by Gasteiger charge is -2.34. The van der Waals surface area contributed by atoms with E-state index in [0.717, 1.165) is 18.9 Å². The molecule has 20 heavy (non-hydrogen) atoms. The summed E-state index contributed by atoms with van der Waals surface area (Å²) in [5, 5.41) is 0. The van der Waals surface area contributed by atoms with Crippen LogP contribution in [0.2, 0.25) is 0 Å². The van der Waals surface area contributed by atoms with Gasteiger partial charge in [-0.15, -0.1) is 0 Å². The molecule has 2 rings (SSSR count). The number of carbonyl (C=O) groups excluding carboxylic acids is 1. The average molecular weight is 280 g/mol. The van der Waals surface area contributed by atoms with Gasteiger partial charge in [-0.3, -0.25) is 4.79 Å². The van der Waals surface area contributed by atoms with Crippen molar-refractivity contribution in [3.8, 4) is 0 Å². The second-order valence-corrected chi connectivity index (χ2v) is 7.72. The standard InChI is InChI=1S/C17H32N2O/c1-17(2,3)16(20)8-13-18-11-6-15(7-12-18)14-19-9-4-5-10-19/h15H,4-14H2,1-3H3. The van der Waals surface area contributed by atoms with Crippen LogP contribution >= 0.6 is 0 Å². The smallest absolute Gasteiger partial charge is 0.139 e. The van der Waals surface area contributed by atoms with Gasteiger partial charge in [0.2, 0.25) is 0 Å². The number of nitrogens with zero attached hydrogens (tertiary/aromatic N) is 2. The van der Waals surface area contributed by atoms with E-state index in [2.05, 4.69) is 9.80 Å². The van der Waals surface area contributed by atoms with Crippen LogP contribution < -0.4 is 0 Å². The van der Waals surface area contributed by atoms with Crippen molar-refractivity contribution in [3.63, 3.8) is 0 Å². The van der Waals surface area contributed by atoms with E-state index in [4.69, 9.17) is 0 Å². The van der Waals surface area contributed by atoms with E-state index >= 15 is 0 Å². The molecule has 0 saturated carbocycles. The van der Waals surface area contributed by atoms with Crippen LogP contribution in [0.25, 0.3) is 0 Å². The Morgan fingerprint density at radius 3 is 2.15 bits per heavy atom. The van der Waals surface area contributed by atoms with Crippen LogP contribution in [0.5, 0.6) is 0 Å². The predicted molar refractivity (Wildman–Crippen MR) is 83.9 cm³/mol. The third kappa shape index (κ3) is 4.85. The van der Waals surface area contributed by atoms with Crippen LogP contribution in [0.3, 0.4) is 0 Å². The summed E-state index contributed by atoms with van der Waals surface area (Å²) in [6.07, 6.45) is 6.15. The maximum atomic E-state index is 12.0. The van der Waals surface area contributed by atoms with Gasteiger partial charge in [0.25, 0.3) is 0 Å². The Hall–Kier alpha value is -0.410. The summed E-state index contributed by atoms with van der Waals surface area (Å²) in [7, 11) is 0. The number of piperidine rings is 1. The Balaban J connectivity index is 1.62. The third-order valence-corrected chi connectivity index (χ3v) is 4.91. The van der Waals surface area contributed by atoms with Crippen LogP contribution in [0.4, 0.5) is 0 Å². The molecule has 0 aliphatic carbocycles. The van der Waals surface area contributed by atoms with Gasteiger partial charge in [0.1, 0.15) is 5.78 Å². The van der Waals surface area contributed by atoms with E-state index in [-0.39, 0.29) is 5.41 Å². The van der Waals surface area contributed by atoms with E-state index in [1.165, 1.54) is 58.4 Å². The number of ketones is 1. The Labute approximate surface area is 124 Å². The van der Waals surface area contributed by atoms with Crippen molar-refractivity contribution in [1.82, 2.24) is 9.80 Å². The molecule has 116 valence electrons. The molecular weight excluding hydrogens is 248 g/mol. The Kier molecular flexibility index (Phi) is 5.62. The van der Waals surface area contributed by atoms with Crippen LogP contribution in [0, 0.1) is 11.3 Å². The van der Waals surface area contributed by atoms with E-state index in [0.29, 0.717) is 5.78 Å². The Morgan fingerprint density at radius 1 is 1.00 bits per heavy atom. The van der Waals surface area contributed by atoms with Crippen molar-refractivity contribution in [2.45, 2.75) is 52.9 Å². The van der Waals surface area contributed by atoms with E-state index in [9.17, 15) is 4.79 Å². The molecular formula is C17H32N2O. The summed E-state index contributed by atoms with van der Waals surface area (Å²) in [6.45, 7) is 13.4. The molecule has 0 atom stereocenters. The molecule has 0 unspecified atom stereocenters. The number of likely N-dealkylation sites (tertiary alicyclic amines) is 2. The third-order valence-electron chi connectivity index (χ3n) is 4.91. The fourth-order valence-corrected chi connectivity index (χ4v) is 3.36. The lowest BCUT2D eigenvalue weighted by atomic mass is 9.88. The minimum atomic E-state index is -0.173. The molecule has 2 aliphatic rings. The molecule has 2 heterocycles. The van der Waals surface area contributed by atoms with Crippen molar-refractivity contribution in [2.24, 2.45) is 11.3 Å². The largest absolute Gasteiger partial charge is 0.303 e. The summed E-state index contributed by atoms with van der Waals surface area (Å²) < 4.78 is 0. The van der Waals surface area contributed by atoms with Gasteiger partial charge in [-0.25, -0.2) is 0 Å². The van der Waals surface area contributed by atoms with Crippen LogP contribution in [-0.2, 0) is 4.79 Å². The molecule has 0 N–H and O–H groups in total. The Bertz CT molecular complexity index is 307. The van der Waals surface area contributed by atoms with Crippen molar-refractivity contribution < 1.29 is 4.79 Å². The van der Waals surface area contributed by atoms with Crippen molar-refractivity contribution in [1.29, 1.82) is 0 Å². The maximum absolute atomic E-state index is 12.0. The minimum absolute atomic E-state index is 0.173. The average Bonchev–Trinajstić information content (AvgIpc) is 2.89. The predicted octanol–water partition coefficient (Wildman–Crippen LogP) is 2.80. The molecule has 0 aromatic heterocycles. The molecule has 3 nitrogen and oxygen atoms in total. The van der Waals surface area contributed by atoms with Crippen molar-refractivity contribution in [3.05, 3.63) is 0 Å². The lowest BCUT2D eigenvalue weighted by Crippen LogP contribution is -2.39. The molecule has 0 amide bonds. The fraction of sp³-hybridized carbons (Fsp3) is 0.941. The fourth-order valence-electron chi connectivity index (χ4n) is 3.36. The van der Waals surface area contributed by atoms with E-state index in [1.807, 2.05) is 20.8 Å². The zero-order chi connectivity index (χ0) is 14.6. The monoisotopic (exact) mass is 280 g/mol. The van der Waals surface area contributed by atoms with Crippen LogP contribution in [-0.4, -0.2) is 54.9 Å². The normalized spacial score (nSPS) is 23.4. The lowest BCUT2D eigenvalue weighted by molar-refractivity contribution is -0.126.